The zero-order valence-corrected chi connectivity index (χ0v) is 12.3. The molecule has 2 aromatic rings. The first-order valence-electron chi connectivity index (χ1n) is 5.65. The van der Waals surface area contributed by atoms with E-state index in [1.165, 1.54) is 0 Å². The lowest BCUT2D eigenvalue weighted by Crippen LogP contribution is -2.29. The van der Waals surface area contributed by atoms with Gasteiger partial charge in [-0.15, -0.1) is 12.4 Å². The molecule has 0 atom stereocenters. The molecule has 0 aromatic heterocycles. The summed E-state index contributed by atoms with van der Waals surface area (Å²) in [5, 5.41) is 0.597. The van der Waals surface area contributed by atoms with Crippen LogP contribution >= 0.6 is 24.0 Å². The largest absolute Gasteiger partial charge is 0.497 e. The molecule has 20 heavy (non-hydrogen) atoms. The number of halogens is 2. The molecule has 0 saturated heterocycles. The lowest BCUT2D eigenvalue weighted by molar-refractivity contribution is 0.0962. The number of amides is 1. The van der Waals surface area contributed by atoms with Crippen LogP contribution in [0.3, 0.4) is 0 Å². The molecule has 0 radical (unpaired) electrons. The van der Waals surface area contributed by atoms with Gasteiger partial charge in [0.15, 0.2) is 0 Å². The molecule has 0 unspecified atom stereocenters. The molecule has 0 aliphatic heterocycles. The van der Waals surface area contributed by atoms with E-state index >= 15 is 0 Å². The quantitative estimate of drug-likeness (QED) is 0.849. The monoisotopic (exact) mass is 312 g/mol. The van der Waals surface area contributed by atoms with Crippen LogP contribution < -0.4 is 15.6 Å². The SMILES string of the molecule is COc1ccc(NNC(=O)c2ccc(Cl)cc2)cc1.Cl. The van der Waals surface area contributed by atoms with Gasteiger partial charge in [0.1, 0.15) is 5.75 Å². The molecule has 2 rings (SSSR count). The van der Waals surface area contributed by atoms with Crippen molar-refractivity contribution in [2.45, 2.75) is 0 Å². The highest BCUT2D eigenvalue weighted by molar-refractivity contribution is 6.30. The Morgan fingerprint density at radius 2 is 1.65 bits per heavy atom. The number of benzene rings is 2. The molecule has 2 N–H and O–H groups in total. The maximum atomic E-state index is 11.8. The van der Waals surface area contributed by atoms with Crippen LogP contribution in [0.15, 0.2) is 48.5 Å². The van der Waals surface area contributed by atoms with Gasteiger partial charge in [-0.1, -0.05) is 11.6 Å². The fraction of sp³-hybridized carbons (Fsp3) is 0.0714. The predicted molar refractivity (Wildman–Crippen MR) is 82.8 cm³/mol. The maximum Gasteiger partial charge on any atom is 0.269 e. The maximum absolute atomic E-state index is 11.8. The smallest absolute Gasteiger partial charge is 0.269 e. The van der Waals surface area contributed by atoms with Crippen LogP contribution in [-0.2, 0) is 0 Å². The first kappa shape index (κ1) is 16.1. The molecule has 0 spiro atoms. The van der Waals surface area contributed by atoms with Crippen molar-refractivity contribution in [1.82, 2.24) is 5.43 Å². The van der Waals surface area contributed by atoms with Crippen LogP contribution in [-0.4, -0.2) is 13.0 Å². The molecule has 1 amide bonds. The van der Waals surface area contributed by atoms with E-state index in [0.29, 0.717) is 10.6 Å². The molecular weight excluding hydrogens is 299 g/mol. The van der Waals surface area contributed by atoms with Gasteiger partial charge in [0.05, 0.1) is 12.8 Å². The normalized spacial score (nSPS) is 9.30. The van der Waals surface area contributed by atoms with Crippen molar-refractivity contribution in [2.75, 3.05) is 12.5 Å². The van der Waals surface area contributed by atoms with Gasteiger partial charge in [-0.05, 0) is 48.5 Å². The summed E-state index contributed by atoms with van der Waals surface area (Å²) in [5.74, 6) is 0.530. The standard InChI is InChI=1S/C14H13ClN2O2.ClH/c1-19-13-8-6-12(7-9-13)16-17-14(18)10-2-4-11(15)5-3-10;/h2-9,16H,1H3,(H,17,18);1H. The molecule has 4 nitrogen and oxygen atoms in total. The van der Waals surface area contributed by atoms with Crippen molar-refractivity contribution >= 4 is 35.6 Å². The average molecular weight is 313 g/mol. The van der Waals surface area contributed by atoms with Crippen LogP contribution in [0.5, 0.6) is 5.75 Å². The van der Waals surface area contributed by atoms with E-state index in [0.717, 1.165) is 11.4 Å². The molecule has 2 aromatic carbocycles. The number of rotatable bonds is 4. The summed E-state index contributed by atoms with van der Waals surface area (Å²) in [4.78, 5) is 11.8. The molecule has 6 heteroatoms. The van der Waals surface area contributed by atoms with E-state index in [9.17, 15) is 4.79 Å². The number of carbonyl (C=O) groups excluding carboxylic acids is 1. The number of nitrogens with one attached hydrogen (secondary N) is 2. The fourth-order valence-corrected chi connectivity index (χ4v) is 1.60. The van der Waals surface area contributed by atoms with E-state index in [1.54, 1.807) is 55.6 Å². The average Bonchev–Trinajstić information content (AvgIpc) is 2.46. The third-order valence-electron chi connectivity index (χ3n) is 2.52. The Hall–Kier alpha value is -1.91. The number of anilines is 1. The minimum absolute atomic E-state index is 0. The van der Waals surface area contributed by atoms with Gasteiger partial charge in [0.25, 0.3) is 5.91 Å². The minimum atomic E-state index is -0.229. The first-order chi connectivity index (χ1) is 9.19. The highest BCUT2D eigenvalue weighted by Gasteiger charge is 2.04. The van der Waals surface area contributed by atoms with E-state index in [4.69, 9.17) is 16.3 Å². The highest BCUT2D eigenvalue weighted by Crippen LogP contribution is 2.14. The molecule has 0 aliphatic rings. The number of hydrazine groups is 1. The Kier molecular flexibility index (Phi) is 6.15. The van der Waals surface area contributed by atoms with Crippen molar-refractivity contribution in [3.8, 4) is 5.75 Å². The zero-order valence-electron chi connectivity index (χ0n) is 10.7. The van der Waals surface area contributed by atoms with Crippen molar-refractivity contribution in [2.24, 2.45) is 0 Å². The number of ether oxygens (including phenoxy) is 1. The molecule has 0 aliphatic carbocycles. The van der Waals surface area contributed by atoms with Crippen LogP contribution in [0.4, 0.5) is 5.69 Å². The first-order valence-corrected chi connectivity index (χ1v) is 6.03. The molecule has 0 fully saturated rings. The summed E-state index contributed by atoms with van der Waals surface area (Å²) >= 11 is 5.76. The Morgan fingerprint density at radius 1 is 1.05 bits per heavy atom. The summed E-state index contributed by atoms with van der Waals surface area (Å²) in [7, 11) is 1.60. The second-order valence-electron chi connectivity index (χ2n) is 3.81. The Morgan fingerprint density at radius 3 is 2.20 bits per heavy atom. The molecular formula is C14H14Cl2N2O2. The summed E-state index contributed by atoms with van der Waals surface area (Å²) in [6.07, 6.45) is 0. The van der Waals surface area contributed by atoms with Gasteiger partial charge >= 0.3 is 0 Å². The fourth-order valence-electron chi connectivity index (χ4n) is 1.48. The van der Waals surface area contributed by atoms with Crippen molar-refractivity contribution in [3.05, 3.63) is 59.1 Å². The number of hydrogen-bond donors (Lipinski definition) is 2. The summed E-state index contributed by atoms with van der Waals surface area (Å²) in [6.45, 7) is 0. The topological polar surface area (TPSA) is 50.4 Å². The van der Waals surface area contributed by atoms with Gasteiger partial charge in [-0.25, -0.2) is 0 Å². The Bertz CT molecular complexity index is 556. The lowest BCUT2D eigenvalue weighted by atomic mass is 10.2. The molecule has 0 heterocycles. The second-order valence-corrected chi connectivity index (χ2v) is 4.25. The second kappa shape index (κ2) is 7.62. The molecule has 106 valence electrons. The van der Waals surface area contributed by atoms with Gasteiger partial charge in [0, 0.05) is 10.6 Å². The van der Waals surface area contributed by atoms with E-state index in [2.05, 4.69) is 10.9 Å². The minimum Gasteiger partial charge on any atom is -0.497 e. The highest BCUT2D eigenvalue weighted by atomic mass is 35.5. The summed E-state index contributed by atoms with van der Waals surface area (Å²) in [6, 6.07) is 13.9. The number of carbonyl (C=O) groups is 1. The van der Waals surface area contributed by atoms with Crippen LogP contribution in [0.2, 0.25) is 5.02 Å². The summed E-state index contributed by atoms with van der Waals surface area (Å²) < 4.78 is 5.05. The van der Waals surface area contributed by atoms with Crippen LogP contribution in [0, 0.1) is 0 Å². The van der Waals surface area contributed by atoms with Crippen LogP contribution in [0.1, 0.15) is 10.4 Å². The van der Waals surface area contributed by atoms with E-state index in [-0.39, 0.29) is 18.3 Å². The van der Waals surface area contributed by atoms with Crippen LogP contribution in [0.25, 0.3) is 0 Å². The lowest BCUT2D eigenvalue weighted by Gasteiger charge is -2.09. The van der Waals surface area contributed by atoms with Crippen molar-refractivity contribution in [1.29, 1.82) is 0 Å². The summed E-state index contributed by atoms with van der Waals surface area (Å²) in [5.41, 5.74) is 6.72. The third-order valence-corrected chi connectivity index (χ3v) is 2.77. The third kappa shape index (κ3) is 4.33. The van der Waals surface area contributed by atoms with Gasteiger partial charge < -0.3 is 4.74 Å². The predicted octanol–water partition coefficient (Wildman–Crippen LogP) is 3.53. The molecule has 0 saturated carbocycles. The van der Waals surface area contributed by atoms with Crippen molar-refractivity contribution in [3.63, 3.8) is 0 Å². The van der Waals surface area contributed by atoms with Crippen molar-refractivity contribution < 1.29 is 9.53 Å². The van der Waals surface area contributed by atoms with E-state index in [1.807, 2.05) is 0 Å². The zero-order chi connectivity index (χ0) is 13.7. The van der Waals surface area contributed by atoms with Gasteiger partial charge in [-0.3, -0.25) is 15.6 Å². The number of hydrogen-bond acceptors (Lipinski definition) is 3. The van der Waals surface area contributed by atoms with E-state index < -0.39 is 0 Å². The Labute approximate surface area is 128 Å². The molecule has 0 bridgehead atoms. The van der Waals surface area contributed by atoms with Gasteiger partial charge in [0.2, 0.25) is 0 Å². The number of methoxy groups -OCH3 is 1. The Balaban J connectivity index is 0.00000200. The van der Waals surface area contributed by atoms with Gasteiger partial charge in [-0.2, -0.15) is 0 Å².